The van der Waals surface area contributed by atoms with Crippen molar-refractivity contribution in [2.45, 2.75) is 13.0 Å². The van der Waals surface area contributed by atoms with Gasteiger partial charge in [0.15, 0.2) is 0 Å². The van der Waals surface area contributed by atoms with Crippen LogP contribution in [0, 0.1) is 0 Å². The zero-order valence-electron chi connectivity index (χ0n) is 9.39. The van der Waals surface area contributed by atoms with Gasteiger partial charge in [0.1, 0.15) is 0 Å². The Morgan fingerprint density at radius 3 is 2.53 bits per heavy atom. The first kappa shape index (κ1) is 11.8. The normalized spacial score (nSPS) is 12.2. The summed E-state index contributed by atoms with van der Waals surface area (Å²) in [6.45, 7) is 1.93. The number of rotatable bonds is 3. The molecule has 0 radical (unpaired) electrons. The smallest absolute Gasteiger partial charge is 0.227 e. The minimum Gasteiger partial charge on any atom is -0.324 e. The monoisotopic (exact) mass is 248 g/mol. The molecule has 88 valence electrons. The van der Waals surface area contributed by atoms with Crippen molar-refractivity contribution in [2.24, 2.45) is 5.73 Å². The predicted molar refractivity (Wildman–Crippen MR) is 69.4 cm³/mol. The summed E-state index contributed by atoms with van der Waals surface area (Å²) in [4.78, 5) is 8.16. The van der Waals surface area contributed by atoms with Crippen LogP contribution in [0.2, 0.25) is 5.02 Å². The number of nitrogens with zero attached hydrogens (tertiary/aromatic N) is 2. The van der Waals surface area contributed by atoms with Gasteiger partial charge < -0.3 is 11.1 Å². The lowest BCUT2D eigenvalue weighted by molar-refractivity contribution is 0.820. The molecule has 0 amide bonds. The first-order valence-electron chi connectivity index (χ1n) is 5.26. The summed E-state index contributed by atoms with van der Waals surface area (Å²) in [5.74, 6) is 0.502. The molecular formula is C12H13ClN4. The van der Waals surface area contributed by atoms with Crippen LogP contribution in [-0.4, -0.2) is 9.97 Å². The molecule has 0 aliphatic carbocycles. The van der Waals surface area contributed by atoms with E-state index < -0.39 is 0 Å². The molecule has 1 heterocycles. The van der Waals surface area contributed by atoms with Gasteiger partial charge in [-0.25, -0.2) is 9.97 Å². The summed E-state index contributed by atoms with van der Waals surface area (Å²) in [5, 5.41) is 3.63. The van der Waals surface area contributed by atoms with Gasteiger partial charge in [0, 0.05) is 11.7 Å². The van der Waals surface area contributed by atoms with E-state index in [4.69, 9.17) is 17.3 Å². The maximum Gasteiger partial charge on any atom is 0.227 e. The Morgan fingerprint density at radius 1 is 1.24 bits per heavy atom. The average molecular weight is 249 g/mol. The van der Waals surface area contributed by atoms with Crippen LogP contribution in [0.3, 0.4) is 0 Å². The van der Waals surface area contributed by atoms with Crippen LogP contribution in [0.15, 0.2) is 36.7 Å². The van der Waals surface area contributed by atoms with E-state index in [1.165, 1.54) is 0 Å². The van der Waals surface area contributed by atoms with Crippen LogP contribution < -0.4 is 11.1 Å². The molecule has 17 heavy (non-hydrogen) atoms. The van der Waals surface area contributed by atoms with Crippen molar-refractivity contribution in [3.8, 4) is 0 Å². The van der Waals surface area contributed by atoms with E-state index in [-0.39, 0.29) is 6.04 Å². The minimum atomic E-state index is -0.0500. The molecule has 0 saturated heterocycles. The number of hydrogen-bond donors (Lipinski definition) is 2. The van der Waals surface area contributed by atoms with Gasteiger partial charge in [0.2, 0.25) is 5.95 Å². The summed E-state index contributed by atoms with van der Waals surface area (Å²) in [6.07, 6.45) is 3.09. The zero-order valence-corrected chi connectivity index (χ0v) is 10.1. The van der Waals surface area contributed by atoms with E-state index >= 15 is 0 Å². The molecule has 0 spiro atoms. The quantitative estimate of drug-likeness (QED) is 0.877. The van der Waals surface area contributed by atoms with Gasteiger partial charge in [-0.1, -0.05) is 29.8 Å². The third kappa shape index (κ3) is 2.93. The van der Waals surface area contributed by atoms with Crippen LogP contribution in [0.4, 0.5) is 11.6 Å². The molecule has 0 fully saturated rings. The van der Waals surface area contributed by atoms with Crippen molar-refractivity contribution in [1.29, 1.82) is 0 Å². The van der Waals surface area contributed by atoms with Gasteiger partial charge in [-0.15, -0.1) is 0 Å². The van der Waals surface area contributed by atoms with Crippen molar-refractivity contribution in [3.05, 3.63) is 47.2 Å². The second kappa shape index (κ2) is 5.12. The number of para-hydroxylation sites is 1. The minimum absolute atomic E-state index is 0.0500. The van der Waals surface area contributed by atoms with E-state index in [1.807, 2.05) is 31.2 Å². The zero-order chi connectivity index (χ0) is 12.3. The molecule has 0 aliphatic heterocycles. The van der Waals surface area contributed by atoms with Crippen molar-refractivity contribution >= 4 is 23.2 Å². The predicted octanol–water partition coefficient (Wildman–Crippen LogP) is 2.89. The highest BCUT2D eigenvalue weighted by atomic mass is 35.5. The fraction of sp³-hybridized carbons (Fsp3) is 0.167. The molecule has 5 heteroatoms. The molecule has 2 rings (SSSR count). The van der Waals surface area contributed by atoms with Crippen LogP contribution in [0.1, 0.15) is 18.5 Å². The van der Waals surface area contributed by atoms with Gasteiger partial charge in [-0.3, -0.25) is 0 Å². The summed E-state index contributed by atoms with van der Waals surface area (Å²) in [6, 6.07) is 7.75. The second-order valence-electron chi connectivity index (χ2n) is 3.73. The summed E-state index contributed by atoms with van der Waals surface area (Å²) < 4.78 is 0. The van der Waals surface area contributed by atoms with Gasteiger partial charge in [0.25, 0.3) is 0 Å². The van der Waals surface area contributed by atoms with E-state index in [1.54, 1.807) is 12.4 Å². The molecule has 2 aromatic rings. The van der Waals surface area contributed by atoms with E-state index in [2.05, 4.69) is 15.3 Å². The summed E-state index contributed by atoms with van der Waals surface area (Å²) in [5.41, 5.74) is 7.82. The highest BCUT2D eigenvalue weighted by Crippen LogP contribution is 2.23. The van der Waals surface area contributed by atoms with E-state index in [9.17, 15) is 0 Å². The van der Waals surface area contributed by atoms with Crippen LogP contribution in [0.25, 0.3) is 0 Å². The highest BCUT2D eigenvalue weighted by Gasteiger charge is 2.06. The Labute approximate surface area is 105 Å². The number of aromatic nitrogens is 2. The van der Waals surface area contributed by atoms with Crippen molar-refractivity contribution in [3.63, 3.8) is 0 Å². The molecule has 4 nitrogen and oxygen atoms in total. The highest BCUT2D eigenvalue weighted by molar-refractivity contribution is 6.30. The lowest BCUT2D eigenvalue weighted by Crippen LogP contribution is -2.08. The molecule has 3 N–H and O–H groups in total. The Kier molecular flexibility index (Phi) is 3.56. The summed E-state index contributed by atoms with van der Waals surface area (Å²) in [7, 11) is 0. The molecule has 0 aliphatic rings. The van der Waals surface area contributed by atoms with Gasteiger partial charge in [-0.05, 0) is 18.6 Å². The van der Waals surface area contributed by atoms with Crippen molar-refractivity contribution in [2.75, 3.05) is 5.32 Å². The van der Waals surface area contributed by atoms with Gasteiger partial charge in [0.05, 0.1) is 17.4 Å². The number of anilines is 2. The Morgan fingerprint density at radius 2 is 1.88 bits per heavy atom. The Bertz CT molecular complexity index is 496. The van der Waals surface area contributed by atoms with Gasteiger partial charge in [-0.2, -0.15) is 0 Å². The molecule has 0 bridgehead atoms. The molecule has 1 atom stereocenters. The molecular weight excluding hydrogens is 236 g/mol. The summed E-state index contributed by atoms with van der Waals surface area (Å²) >= 11 is 5.72. The maximum absolute atomic E-state index is 5.89. The number of nitrogens with one attached hydrogen (secondary N) is 1. The molecule has 1 aromatic carbocycles. The maximum atomic E-state index is 5.89. The van der Waals surface area contributed by atoms with Crippen LogP contribution in [-0.2, 0) is 0 Å². The molecule has 1 unspecified atom stereocenters. The SMILES string of the molecule is CC(N)c1ccccc1Nc1ncc(Cl)cn1. The topological polar surface area (TPSA) is 63.8 Å². The van der Waals surface area contributed by atoms with E-state index in [0.29, 0.717) is 11.0 Å². The number of halogens is 1. The van der Waals surface area contributed by atoms with Crippen molar-refractivity contribution in [1.82, 2.24) is 9.97 Å². The lowest BCUT2D eigenvalue weighted by atomic mass is 10.1. The number of nitrogens with two attached hydrogens (primary N) is 1. The first-order chi connectivity index (χ1) is 8.16. The van der Waals surface area contributed by atoms with Crippen LogP contribution in [0.5, 0.6) is 0 Å². The van der Waals surface area contributed by atoms with Gasteiger partial charge >= 0.3 is 0 Å². The fourth-order valence-electron chi connectivity index (χ4n) is 1.51. The number of benzene rings is 1. The third-order valence-corrected chi connectivity index (χ3v) is 2.51. The van der Waals surface area contributed by atoms with Crippen molar-refractivity contribution < 1.29 is 0 Å². The van der Waals surface area contributed by atoms with E-state index in [0.717, 1.165) is 11.3 Å². The molecule has 1 aromatic heterocycles. The number of hydrogen-bond acceptors (Lipinski definition) is 4. The molecule has 0 saturated carbocycles. The average Bonchev–Trinajstić information content (AvgIpc) is 2.32. The lowest BCUT2D eigenvalue weighted by Gasteiger charge is -2.13. The Balaban J connectivity index is 2.26. The standard InChI is InChI=1S/C12H13ClN4/c1-8(14)10-4-2-3-5-11(10)17-12-15-6-9(13)7-16-12/h2-8H,14H2,1H3,(H,15,16,17). The fourth-order valence-corrected chi connectivity index (χ4v) is 1.60. The second-order valence-corrected chi connectivity index (χ2v) is 4.16. The third-order valence-electron chi connectivity index (χ3n) is 2.32. The Hall–Kier alpha value is -1.65. The largest absolute Gasteiger partial charge is 0.324 e. The van der Waals surface area contributed by atoms with Crippen LogP contribution >= 0.6 is 11.6 Å². The first-order valence-corrected chi connectivity index (χ1v) is 5.63.